The van der Waals surface area contributed by atoms with Crippen LogP contribution >= 0.6 is 0 Å². The second-order valence-corrected chi connectivity index (χ2v) is 9.56. The van der Waals surface area contributed by atoms with E-state index in [2.05, 4.69) is 15.5 Å². The van der Waals surface area contributed by atoms with Crippen LogP contribution in [-0.4, -0.2) is 72.1 Å². The van der Waals surface area contributed by atoms with Crippen LogP contribution in [0.2, 0.25) is 0 Å². The normalized spacial score (nSPS) is 23.7. The van der Waals surface area contributed by atoms with E-state index < -0.39 is 18.3 Å². The van der Waals surface area contributed by atoms with Crippen LogP contribution in [0.5, 0.6) is 0 Å². The van der Waals surface area contributed by atoms with Crippen LogP contribution in [0.1, 0.15) is 55.3 Å². The number of carbonyl (C=O) groups is 2. The topological polar surface area (TPSA) is 130 Å². The molecule has 2 fully saturated rings. The number of aliphatic hydroxyl groups is 2. The zero-order valence-electron chi connectivity index (χ0n) is 21.7. The van der Waals surface area contributed by atoms with E-state index in [1.54, 1.807) is 19.1 Å². The second-order valence-electron chi connectivity index (χ2n) is 9.56. The van der Waals surface area contributed by atoms with Crippen molar-refractivity contribution in [3.63, 3.8) is 0 Å². The molecule has 2 aliphatic heterocycles. The van der Waals surface area contributed by atoms with Crippen molar-refractivity contribution in [3.8, 4) is 0 Å². The molecule has 2 aromatic carbocycles. The van der Waals surface area contributed by atoms with Crippen molar-refractivity contribution >= 4 is 17.7 Å². The highest BCUT2D eigenvalue weighted by Gasteiger charge is 2.35. The lowest BCUT2D eigenvalue weighted by molar-refractivity contribution is -0.253. The molecule has 0 saturated carbocycles. The summed E-state index contributed by atoms with van der Waals surface area (Å²) in [5.74, 6) is -0.501. The van der Waals surface area contributed by atoms with Crippen molar-refractivity contribution in [2.24, 2.45) is 0 Å². The van der Waals surface area contributed by atoms with Gasteiger partial charge in [0.15, 0.2) is 6.29 Å². The molecule has 4 N–H and O–H groups in total. The molecule has 2 aliphatic rings. The van der Waals surface area contributed by atoms with E-state index in [1.165, 1.54) is 0 Å². The van der Waals surface area contributed by atoms with Gasteiger partial charge in [-0.15, -0.1) is 0 Å². The summed E-state index contributed by atoms with van der Waals surface area (Å²) in [6, 6.07) is 14.6. The maximum Gasteiger partial charge on any atom is 0.325 e. The van der Waals surface area contributed by atoms with Crippen LogP contribution in [0.15, 0.2) is 48.5 Å². The number of urea groups is 1. The maximum absolute atomic E-state index is 12.1. The monoisotopic (exact) mass is 527 g/mol. The Balaban J connectivity index is 1.43. The van der Waals surface area contributed by atoms with Gasteiger partial charge >= 0.3 is 12.0 Å². The molecule has 0 aromatic heterocycles. The number of nitrogens with zero attached hydrogens (tertiary/aromatic N) is 1. The number of carbonyl (C=O) groups excluding carboxylic acids is 2. The zero-order valence-corrected chi connectivity index (χ0v) is 21.7. The van der Waals surface area contributed by atoms with Crippen LogP contribution in [-0.2, 0) is 25.6 Å². The van der Waals surface area contributed by atoms with Crippen molar-refractivity contribution in [2.45, 2.75) is 57.3 Å². The number of amides is 2. The lowest BCUT2D eigenvalue weighted by Crippen LogP contribution is -2.42. The molecule has 0 radical (unpaired) electrons. The van der Waals surface area contributed by atoms with Crippen LogP contribution in [0.4, 0.5) is 10.5 Å². The number of aliphatic hydroxyl groups excluding tert-OH is 2. The summed E-state index contributed by atoms with van der Waals surface area (Å²) < 4.78 is 17.6. The number of nitrogens with one attached hydrogen (secondary N) is 2. The molecule has 0 unspecified atom stereocenters. The molecule has 2 heterocycles. The Hall–Kier alpha value is -3.02. The Labute approximate surface area is 222 Å². The fraction of sp³-hybridized carbons (Fsp3) is 0.500. The van der Waals surface area contributed by atoms with E-state index in [9.17, 15) is 19.8 Å². The highest BCUT2D eigenvalue weighted by molar-refractivity contribution is 5.91. The average Bonchev–Trinajstić information content (AvgIpc) is 3.39. The molecule has 206 valence electrons. The van der Waals surface area contributed by atoms with Gasteiger partial charge in [-0.05, 0) is 49.6 Å². The Kier molecular flexibility index (Phi) is 10.1. The van der Waals surface area contributed by atoms with Gasteiger partial charge in [0.1, 0.15) is 6.54 Å². The summed E-state index contributed by atoms with van der Waals surface area (Å²) in [7, 11) is 0. The Morgan fingerprint density at radius 3 is 2.47 bits per heavy atom. The standard InChI is InChI=1S/C28H37N3O7/c1-2-36-26(34)15-29-28(35)30-22-11-9-21(10-12-22)27-37-24(16-31-13-3-4-23(31)18-33)14-25(38-27)20-7-5-19(17-32)6-8-20/h5-12,23-25,27,32-33H,2-4,13-18H2,1H3,(H2,29,30,35)/t23-,24+,25-,27-/m0/s1. The van der Waals surface area contributed by atoms with Gasteiger partial charge in [0, 0.05) is 30.3 Å². The Morgan fingerprint density at radius 1 is 1.05 bits per heavy atom. The molecular formula is C28H37N3O7. The molecule has 10 heteroatoms. The predicted octanol–water partition coefficient (Wildman–Crippen LogP) is 2.87. The maximum atomic E-state index is 12.1. The SMILES string of the molecule is CCOC(=O)CNC(=O)Nc1ccc([C@H]2O[C@@H](CN3CCC[C@H]3CO)C[C@@H](c3ccc(CO)cc3)O2)cc1. The number of likely N-dealkylation sites (tertiary alicyclic amines) is 1. The lowest BCUT2D eigenvalue weighted by Gasteiger charge is -2.38. The van der Waals surface area contributed by atoms with Gasteiger partial charge in [-0.2, -0.15) is 0 Å². The highest BCUT2D eigenvalue weighted by atomic mass is 16.7. The first-order valence-corrected chi connectivity index (χ1v) is 13.1. The molecule has 0 spiro atoms. The van der Waals surface area contributed by atoms with Gasteiger partial charge in [0.25, 0.3) is 0 Å². The van der Waals surface area contributed by atoms with E-state index in [-0.39, 0.29) is 44.6 Å². The van der Waals surface area contributed by atoms with Crippen molar-refractivity contribution in [1.29, 1.82) is 0 Å². The van der Waals surface area contributed by atoms with Crippen LogP contribution in [0.3, 0.4) is 0 Å². The van der Waals surface area contributed by atoms with Gasteiger partial charge in [-0.3, -0.25) is 9.69 Å². The number of anilines is 1. The second kappa shape index (κ2) is 13.7. The number of esters is 1. The third-order valence-electron chi connectivity index (χ3n) is 6.90. The largest absolute Gasteiger partial charge is 0.465 e. The first-order valence-electron chi connectivity index (χ1n) is 13.1. The molecule has 38 heavy (non-hydrogen) atoms. The minimum absolute atomic E-state index is 0.0150. The minimum Gasteiger partial charge on any atom is -0.465 e. The third kappa shape index (κ3) is 7.52. The Bertz CT molecular complexity index is 1050. The fourth-order valence-electron chi connectivity index (χ4n) is 4.90. The average molecular weight is 528 g/mol. The number of hydrogen-bond donors (Lipinski definition) is 4. The van der Waals surface area contributed by atoms with Gasteiger partial charge in [0.05, 0.1) is 32.0 Å². The van der Waals surface area contributed by atoms with Crippen molar-refractivity contribution < 1.29 is 34.0 Å². The first-order chi connectivity index (χ1) is 18.5. The highest BCUT2D eigenvalue weighted by Crippen LogP contribution is 2.39. The Morgan fingerprint density at radius 2 is 1.79 bits per heavy atom. The van der Waals surface area contributed by atoms with Gasteiger partial charge in [-0.25, -0.2) is 4.79 Å². The molecule has 4 rings (SSSR count). The molecule has 4 atom stereocenters. The molecule has 10 nitrogen and oxygen atoms in total. The van der Waals surface area contributed by atoms with Crippen molar-refractivity contribution in [2.75, 3.05) is 38.2 Å². The summed E-state index contributed by atoms with van der Waals surface area (Å²) >= 11 is 0. The molecule has 2 saturated heterocycles. The lowest BCUT2D eigenvalue weighted by atomic mass is 9.99. The van der Waals surface area contributed by atoms with E-state index in [0.717, 1.165) is 36.1 Å². The number of hydrogen-bond acceptors (Lipinski definition) is 8. The molecular weight excluding hydrogens is 490 g/mol. The van der Waals surface area contributed by atoms with Crippen LogP contribution in [0, 0.1) is 0 Å². The summed E-state index contributed by atoms with van der Waals surface area (Å²) in [5, 5.41) is 24.3. The third-order valence-corrected chi connectivity index (χ3v) is 6.90. The van der Waals surface area contributed by atoms with Crippen LogP contribution in [0.25, 0.3) is 0 Å². The van der Waals surface area contributed by atoms with Gasteiger partial charge in [-0.1, -0.05) is 36.4 Å². The molecule has 0 aliphatic carbocycles. The summed E-state index contributed by atoms with van der Waals surface area (Å²) in [6.45, 7) is 3.51. The summed E-state index contributed by atoms with van der Waals surface area (Å²) in [6.07, 6.45) is 1.80. The number of ether oxygens (including phenoxy) is 3. The molecule has 0 bridgehead atoms. The quantitative estimate of drug-likeness (QED) is 0.347. The minimum atomic E-state index is -0.613. The van der Waals surface area contributed by atoms with E-state index in [4.69, 9.17) is 14.2 Å². The van der Waals surface area contributed by atoms with Gasteiger partial charge in [0.2, 0.25) is 0 Å². The molecule has 2 amide bonds. The van der Waals surface area contributed by atoms with Crippen molar-refractivity contribution in [1.82, 2.24) is 10.2 Å². The van der Waals surface area contributed by atoms with Crippen molar-refractivity contribution in [3.05, 3.63) is 65.2 Å². The number of benzene rings is 2. The van der Waals surface area contributed by atoms with Gasteiger partial charge < -0.3 is 35.1 Å². The van der Waals surface area contributed by atoms with E-state index in [1.807, 2.05) is 36.4 Å². The summed E-state index contributed by atoms with van der Waals surface area (Å²) in [5.41, 5.74) is 3.22. The predicted molar refractivity (Wildman–Crippen MR) is 140 cm³/mol. The molecule has 2 aromatic rings. The zero-order chi connectivity index (χ0) is 26.9. The smallest absolute Gasteiger partial charge is 0.325 e. The fourth-order valence-corrected chi connectivity index (χ4v) is 4.90. The van der Waals surface area contributed by atoms with E-state index in [0.29, 0.717) is 18.7 Å². The first kappa shape index (κ1) is 28.0. The van der Waals surface area contributed by atoms with Crippen LogP contribution < -0.4 is 10.6 Å². The number of rotatable bonds is 10. The summed E-state index contributed by atoms with van der Waals surface area (Å²) in [4.78, 5) is 25.8. The van der Waals surface area contributed by atoms with E-state index >= 15 is 0 Å².